The molecule has 241 valence electrons. The molecule has 2 heterocycles. The fraction of sp³-hybridized carbons (Fsp3) is 0.241. The van der Waals surface area contributed by atoms with Crippen LogP contribution in [-0.2, 0) is 24.0 Å². The van der Waals surface area contributed by atoms with E-state index >= 15 is 0 Å². The number of aromatic nitrogens is 2. The van der Waals surface area contributed by atoms with Crippen LogP contribution in [0.1, 0.15) is 25.0 Å². The number of nitro groups is 1. The van der Waals surface area contributed by atoms with Crippen LogP contribution in [0.25, 0.3) is 0 Å². The third-order valence-electron chi connectivity index (χ3n) is 5.44. The van der Waals surface area contributed by atoms with Crippen molar-refractivity contribution in [2.45, 2.75) is 26.7 Å². The molecule has 4 N–H and O–H groups in total. The van der Waals surface area contributed by atoms with Crippen LogP contribution >= 0.6 is 30.3 Å². The van der Waals surface area contributed by atoms with Crippen LogP contribution in [0.3, 0.4) is 0 Å². The number of hydrogen-bond donors (Lipinski definition) is 2. The van der Waals surface area contributed by atoms with Gasteiger partial charge in [-0.15, -0.1) is 0 Å². The van der Waals surface area contributed by atoms with Gasteiger partial charge in [0.2, 0.25) is 5.75 Å². The van der Waals surface area contributed by atoms with Crippen LogP contribution in [0, 0.1) is 10.1 Å². The second-order valence-corrected chi connectivity index (χ2v) is 13.5. The van der Waals surface area contributed by atoms with Gasteiger partial charge in [0, 0.05) is 6.20 Å². The molecule has 0 aliphatic rings. The number of pyridine rings is 2. The van der Waals surface area contributed by atoms with E-state index in [-0.39, 0.29) is 11.6 Å². The molecule has 0 saturated carbocycles. The maximum atomic E-state index is 10.9. The van der Waals surface area contributed by atoms with Crippen molar-refractivity contribution in [2.24, 2.45) is 5.73 Å². The van der Waals surface area contributed by atoms with E-state index in [4.69, 9.17) is 55.0 Å². The first-order chi connectivity index (χ1) is 21.1. The van der Waals surface area contributed by atoms with E-state index in [0.29, 0.717) is 34.6 Å². The van der Waals surface area contributed by atoms with Gasteiger partial charge >= 0.3 is 47.3 Å². The Kier molecular flexibility index (Phi) is 18.6. The van der Waals surface area contributed by atoms with Gasteiger partial charge in [0.1, 0.15) is 6.20 Å². The van der Waals surface area contributed by atoms with Crippen molar-refractivity contribution < 1.29 is 35.0 Å². The molecule has 0 atom stereocenters. The molecule has 15 heteroatoms. The summed E-state index contributed by atoms with van der Waals surface area (Å²) in [6, 6.07) is 17.9. The average Bonchev–Trinajstić information content (AvgIpc) is 3.03. The van der Waals surface area contributed by atoms with Crippen molar-refractivity contribution in [3.63, 3.8) is 0 Å². The van der Waals surface area contributed by atoms with Crippen LogP contribution < -0.4 is 30.4 Å². The standard InChI is InChI=1S/C14H14N2O4.C14H16N2O2.CH5N.3ClH.Fe/c1-3-10-6-7-11(13(9-10)19-2)20-12-5-4-8-15-14(12)16(17)18;1-3-10-6-7-11(13(9-10)17-2)18-12-5-4-8-16-14(12)15;1-2;;;;/h4-9H,3H2,1-2H3;4-9H,3H2,1-2H3,(H2,15,16);2H2,1H3;3*1H;/q;;;;;;+3/p-3. The molecule has 11 nitrogen and oxygen atoms in total. The molecule has 2 aromatic heterocycles. The Morgan fingerprint density at radius 3 is 1.59 bits per heavy atom. The number of methoxy groups -OCH3 is 2. The Bertz CT molecular complexity index is 1450. The van der Waals surface area contributed by atoms with Crippen molar-refractivity contribution in [3.8, 4) is 34.5 Å². The zero-order valence-electron chi connectivity index (χ0n) is 24.8. The van der Waals surface area contributed by atoms with Crippen LogP contribution in [0.5, 0.6) is 34.5 Å². The number of anilines is 1. The van der Waals surface area contributed by atoms with Crippen LogP contribution in [-0.4, -0.2) is 36.2 Å². The number of nitrogens with zero attached hydrogens (tertiary/aromatic N) is 3. The first-order valence-corrected chi connectivity index (χ1v) is 17.4. The van der Waals surface area contributed by atoms with Crippen molar-refractivity contribution in [1.82, 2.24) is 9.97 Å². The fourth-order valence-electron chi connectivity index (χ4n) is 3.36. The summed E-state index contributed by atoms with van der Waals surface area (Å²) in [5, 5.41) is 10.9. The van der Waals surface area contributed by atoms with E-state index in [2.05, 4.69) is 22.6 Å². The summed E-state index contributed by atoms with van der Waals surface area (Å²) in [7, 11) is 19.3. The summed E-state index contributed by atoms with van der Waals surface area (Å²) in [4.78, 5) is 18.0. The van der Waals surface area contributed by atoms with E-state index in [1.807, 2.05) is 37.3 Å². The molecular weight excluding hydrogens is 677 g/mol. The van der Waals surface area contributed by atoms with Crippen LogP contribution in [0.2, 0.25) is 0 Å². The molecule has 4 rings (SSSR count). The first kappa shape index (κ1) is 38.5. The van der Waals surface area contributed by atoms with E-state index in [9.17, 15) is 10.1 Å². The predicted octanol–water partition coefficient (Wildman–Crippen LogP) is 8.02. The number of nitrogen functional groups attached to an aromatic ring is 1. The van der Waals surface area contributed by atoms with Gasteiger partial charge in [-0.1, -0.05) is 26.0 Å². The van der Waals surface area contributed by atoms with Gasteiger partial charge in [0.15, 0.2) is 34.6 Å². The van der Waals surface area contributed by atoms with Crippen molar-refractivity contribution in [2.75, 3.05) is 27.0 Å². The van der Waals surface area contributed by atoms with E-state index in [0.717, 1.165) is 18.4 Å². The topological polar surface area (TPSA) is 158 Å². The number of benzene rings is 2. The number of nitrogens with two attached hydrogens (primary N) is 2. The zero-order valence-corrected chi connectivity index (χ0v) is 28.1. The summed E-state index contributed by atoms with van der Waals surface area (Å²) < 4.78 is 21.8. The summed E-state index contributed by atoms with van der Waals surface area (Å²) >= 11 is -1.33. The second kappa shape index (κ2) is 21.2. The molecular formula is C29H35Cl3FeN5O6. The summed E-state index contributed by atoms with van der Waals surface area (Å²) in [5.74, 6) is 2.92. The molecule has 0 amide bonds. The molecule has 0 radical (unpaired) electrons. The summed E-state index contributed by atoms with van der Waals surface area (Å²) in [6.45, 7) is 4.12. The maximum absolute atomic E-state index is 10.9. The van der Waals surface area contributed by atoms with Crippen molar-refractivity contribution in [1.29, 1.82) is 0 Å². The third-order valence-corrected chi connectivity index (χ3v) is 5.44. The van der Waals surface area contributed by atoms with Gasteiger partial charge < -0.3 is 40.5 Å². The Balaban J connectivity index is 0.000000375. The monoisotopic (exact) mass is 710 g/mol. The number of halogens is 3. The van der Waals surface area contributed by atoms with Gasteiger partial charge in [-0.05, 0) is 89.5 Å². The van der Waals surface area contributed by atoms with Gasteiger partial charge in [0.05, 0.1) is 14.2 Å². The average molecular weight is 712 g/mol. The number of ether oxygens (including phenoxy) is 4. The zero-order chi connectivity index (χ0) is 33.1. The van der Waals surface area contributed by atoms with Gasteiger partial charge in [-0.2, -0.15) is 0 Å². The Morgan fingerprint density at radius 2 is 1.18 bits per heavy atom. The predicted molar refractivity (Wildman–Crippen MR) is 172 cm³/mol. The molecule has 4 aromatic rings. The number of aryl methyl sites for hydroxylation is 2. The van der Waals surface area contributed by atoms with Crippen LogP contribution in [0.15, 0.2) is 73.1 Å². The number of rotatable bonds is 9. The van der Waals surface area contributed by atoms with E-state index in [1.54, 1.807) is 37.6 Å². The molecule has 44 heavy (non-hydrogen) atoms. The van der Waals surface area contributed by atoms with Gasteiger partial charge in [-0.3, -0.25) is 0 Å². The fourth-order valence-corrected chi connectivity index (χ4v) is 3.36. The van der Waals surface area contributed by atoms with Crippen molar-refractivity contribution >= 4 is 41.9 Å². The third kappa shape index (κ3) is 13.0. The SMILES string of the molecule is CCc1ccc(Oc2cccnc2N)c(OC)c1.CCc1ccc(Oc2cccnc2[N+](=O)[O-])c(OC)c1.CN.[Cl][Fe]([Cl])[Cl]. The van der Waals surface area contributed by atoms with Crippen LogP contribution in [0.4, 0.5) is 11.6 Å². The molecule has 0 bridgehead atoms. The molecule has 0 saturated heterocycles. The van der Waals surface area contributed by atoms with E-state index < -0.39 is 16.1 Å². The molecule has 0 spiro atoms. The minimum absolute atomic E-state index is 0.0834. The Hall–Kier alpha value is -3.51. The second-order valence-electron chi connectivity index (χ2n) is 8.00. The quantitative estimate of drug-likeness (QED) is 0.0989. The summed E-state index contributed by atoms with van der Waals surface area (Å²) in [6.07, 6.45) is 4.79. The molecule has 0 fully saturated rings. The first-order valence-electron chi connectivity index (χ1n) is 12.9. The molecule has 0 aliphatic heterocycles. The van der Waals surface area contributed by atoms with Gasteiger partial charge in [0.25, 0.3) is 0 Å². The van der Waals surface area contributed by atoms with E-state index in [1.165, 1.54) is 32.0 Å². The number of hydrogen-bond acceptors (Lipinski definition) is 10. The Morgan fingerprint density at radius 1 is 0.750 bits per heavy atom. The minimum atomic E-state index is -1.33. The Labute approximate surface area is 274 Å². The molecule has 0 aliphatic carbocycles. The van der Waals surface area contributed by atoms with Crippen molar-refractivity contribution in [3.05, 3.63) is 94.3 Å². The molecule has 2 aromatic carbocycles. The van der Waals surface area contributed by atoms with Gasteiger partial charge in [-0.25, -0.2) is 4.98 Å². The molecule has 0 unspecified atom stereocenters. The summed E-state index contributed by atoms with van der Waals surface area (Å²) in [5.41, 5.74) is 12.5. The normalized spacial score (nSPS) is 9.89.